The molecule has 96 valence electrons. The molecule has 1 aromatic rings. The van der Waals surface area contributed by atoms with Crippen LogP contribution >= 0.6 is 0 Å². The average molecular weight is 248 g/mol. The zero-order valence-corrected chi connectivity index (χ0v) is 10.3. The molecule has 0 atom stereocenters. The number of carboxylic acids is 1. The molecular formula is C14H16O4. The second-order valence-electron chi connectivity index (χ2n) is 4.60. The molecule has 0 amide bonds. The second kappa shape index (κ2) is 5.21. The lowest BCUT2D eigenvalue weighted by Crippen LogP contribution is -2.16. The first-order chi connectivity index (χ1) is 8.59. The third-order valence-electron chi connectivity index (χ3n) is 3.36. The molecule has 4 heteroatoms. The van der Waals surface area contributed by atoms with Gasteiger partial charge in [-0.2, -0.15) is 0 Å². The number of rotatable bonds is 3. The number of esters is 1. The number of hydrogen-bond donors (Lipinski definition) is 1. The van der Waals surface area contributed by atoms with Crippen molar-refractivity contribution < 1.29 is 19.4 Å². The lowest BCUT2D eigenvalue weighted by molar-refractivity contribution is 0.0317. The Kier molecular flexibility index (Phi) is 3.65. The number of carbonyl (C=O) groups is 2. The van der Waals surface area contributed by atoms with Gasteiger partial charge in [0.05, 0.1) is 11.1 Å². The predicted octanol–water partition coefficient (Wildman–Crippen LogP) is 2.79. The highest BCUT2D eigenvalue weighted by molar-refractivity contribution is 5.97. The van der Waals surface area contributed by atoms with Crippen molar-refractivity contribution in [3.05, 3.63) is 34.9 Å². The maximum absolute atomic E-state index is 12.0. The van der Waals surface area contributed by atoms with Crippen molar-refractivity contribution in [2.45, 2.75) is 38.7 Å². The fraction of sp³-hybridized carbons (Fsp3) is 0.429. The van der Waals surface area contributed by atoms with Crippen LogP contribution in [0.15, 0.2) is 18.2 Å². The van der Waals surface area contributed by atoms with E-state index in [-0.39, 0.29) is 11.7 Å². The maximum atomic E-state index is 12.0. The Hall–Kier alpha value is -1.84. The van der Waals surface area contributed by atoms with Gasteiger partial charge in [-0.3, -0.25) is 0 Å². The summed E-state index contributed by atoms with van der Waals surface area (Å²) in [6.07, 6.45) is 3.98. The van der Waals surface area contributed by atoms with Gasteiger partial charge in [0.1, 0.15) is 6.10 Å². The summed E-state index contributed by atoms with van der Waals surface area (Å²) in [5.41, 5.74) is 0.964. The number of ether oxygens (including phenoxy) is 1. The standard InChI is InChI=1S/C14H16O4/c1-9-11(13(15)16)7-4-8-12(9)14(17)18-10-5-2-3-6-10/h4,7-8,10H,2-3,5-6H2,1H3,(H,15,16). The van der Waals surface area contributed by atoms with Gasteiger partial charge in [-0.25, -0.2) is 9.59 Å². The third kappa shape index (κ3) is 2.53. The van der Waals surface area contributed by atoms with Crippen molar-refractivity contribution >= 4 is 11.9 Å². The van der Waals surface area contributed by atoms with Gasteiger partial charge in [-0.15, -0.1) is 0 Å². The van der Waals surface area contributed by atoms with E-state index in [1.54, 1.807) is 19.1 Å². The van der Waals surface area contributed by atoms with Crippen LogP contribution in [-0.4, -0.2) is 23.1 Å². The highest BCUT2D eigenvalue weighted by Gasteiger charge is 2.22. The molecule has 2 rings (SSSR count). The second-order valence-corrected chi connectivity index (χ2v) is 4.60. The molecule has 0 heterocycles. The van der Waals surface area contributed by atoms with Crippen LogP contribution in [0.3, 0.4) is 0 Å². The smallest absolute Gasteiger partial charge is 0.338 e. The normalized spacial score (nSPS) is 15.6. The van der Waals surface area contributed by atoms with Crippen LogP contribution in [-0.2, 0) is 4.74 Å². The van der Waals surface area contributed by atoms with Gasteiger partial charge in [0, 0.05) is 0 Å². The summed E-state index contributed by atoms with van der Waals surface area (Å²) in [6.45, 7) is 1.63. The van der Waals surface area contributed by atoms with Crippen molar-refractivity contribution in [1.82, 2.24) is 0 Å². The quantitative estimate of drug-likeness (QED) is 0.835. The Morgan fingerprint density at radius 1 is 1.22 bits per heavy atom. The molecule has 0 unspecified atom stereocenters. The fourth-order valence-corrected chi connectivity index (χ4v) is 2.31. The largest absolute Gasteiger partial charge is 0.478 e. The molecule has 18 heavy (non-hydrogen) atoms. The third-order valence-corrected chi connectivity index (χ3v) is 3.36. The molecule has 0 aromatic heterocycles. The Morgan fingerprint density at radius 2 is 1.83 bits per heavy atom. The summed E-state index contributed by atoms with van der Waals surface area (Å²) in [5.74, 6) is -1.44. The highest BCUT2D eigenvalue weighted by Crippen LogP contribution is 2.23. The zero-order chi connectivity index (χ0) is 13.1. The van der Waals surface area contributed by atoms with E-state index in [0.717, 1.165) is 25.7 Å². The van der Waals surface area contributed by atoms with Gasteiger partial charge in [-0.1, -0.05) is 6.07 Å². The lowest BCUT2D eigenvalue weighted by atomic mass is 10.0. The summed E-state index contributed by atoms with van der Waals surface area (Å²) in [6, 6.07) is 4.67. The van der Waals surface area contributed by atoms with Gasteiger partial charge >= 0.3 is 11.9 Å². The number of benzene rings is 1. The molecule has 1 fully saturated rings. The number of carboxylic acid groups (broad SMARTS) is 1. The Balaban J connectivity index is 2.19. The minimum absolute atomic E-state index is 0.00890. The Bertz CT molecular complexity index is 473. The summed E-state index contributed by atoms with van der Waals surface area (Å²) < 4.78 is 5.38. The summed E-state index contributed by atoms with van der Waals surface area (Å²) in [7, 11) is 0. The van der Waals surface area contributed by atoms with Gasteiger partial charge < -0.3 is 9.84 Å². The van der Waals surface area contributed by atoms with E-state index in [2.05, 4.69) is 0 Å². The first-order valence-corrected chi connectivity index (χ1v) is 6.13. The summed E-state index contributed by atoms with van der Waals surface area (Å²) in [5, 5.41) is 9.00. The SMILES string of the molecule is Cc1c(C(=O)O)cccc1C(=O)OC1CCCC1. The van der Waals surface area contributed by atoms with Crippen LogP contribution in [0.2, 0.25) is 0 Å². The van der Waals surface area contributed by atoms with Crippen molar-refractivity contribution in [2.24, 2.45) is 0 Å². The molecule has 1 N–H and O–H groups in total. The van der Waals surface area contributed by atoms with E-state index in [4.69, 9.17) is 9.84 Å². The minimum Gasteiger partial charge on any atom is -0.478 e. The van der Waals surface area contributed by atoms with E-state index < -0.39 is 11.9 Å². The van der Waals surface area contributed by atoms with Crippen LogP contribution in [0.25, 0.3) is 0 Å². The zero-order valence-electron chi connectivity index (χ0n) is 10.3. The summed E-state index contributed by atoms with van der Waals surface area (Å²) in [4.78, 5) is 23.0. The molecule has 1 saturated carbocycles. The first-order valence-electron chi connectivity index (χ1n) is 6.13. The van der Waals surface area contributed by atoms with Crippen molar-refractivity contribution in [3.63, 3.8) is 0 Å². The van der Waals surface area contributed by atoms with Crippen LogP contribution in [0.4, 0.5) is 0 Å². The van der Waals surface area contributed by atoms with E-state index in [9.17, 15) is 9.59 Å². The molecule has 4 nitrogen and oxygen atoms in total. The number of hydrogen-bond acceptors (Lipinski definition) is 3. The molecule has 0 saturated heterocycles. The maximum Gasteiger partial charge on any atom is 0.338 e. The number of carbonyl (C=O) groups excluding carboxylic acids is 1. The first kappa shape index (κ1) is 12.6. The van der Waals surface area contributed by atoms with E-state index in [0.29, 0.717) is 11.1 Å². The molecular weight excluding hydrogens is 232 g/mol. The van der Waals surface area contributed by atoms with Crippen molar-refractivity contribution in [2.75, 3.05) is 0 Å². The molecule has 1 aliphatic rings. The van der Waals surface area contributed by atoms with E-state index in [1.807, 2.05) is 0 Å². The average Bonchev–Trinajstić information content (AvgIpc) is 2.81. The molecule has 0 spiro atoms. The van der Waals surface area contributed by atoms with Crippen LogP contribution in [0, 0.1) is 6.92 Å². The lowest BCUT2D eigenvalue weighted by Gasteiger charge is -2.13. The number of aromatic carboxylic acids is 1. The monoisotopic (exact) mass is 248 g/mol. The predicted molar refractivity (Wildman–Crippen MR) is 65.8 cm³/mol. The van der Waals surface area contributed by atoms with Crippen LogP contribution in [0.5, 0.6) is 0 Å². The minimum atomic E-state index is -1.02. The van der Waals surface area contributed by atoms with E-state index >= 15 is 0 Å². The molecule has 0 radical (unpaired) electrons. The van der Waals surface area contributed by atoms with Gasteiger partial charge in [-0.05, 0) is 50.3 Å². The Morgan fingerprint density at radius 3 is 2.44 bits per heavy atom. The van der Waals surface area contributed by atoms with Gasteiger partial charge in [0.2, 0.25) is 0 Å². The van der Waals surface area contributed by atoms with E-state index in [1.165, 1.54) is 6.07 Å². The highest BCUT2D eigenvalue weighted by atomic mass is 16.5. The van der Waals surface area contributed by atoms with Crippen LogP contribution in [0.1, 0.15) is 52.0 Å². The van der Waals surface area contributed by atoms with Gasteiger partial charge in [0.15, 0.2) is 0 Å². The van der Waals surface area contributed by atoms with Gasteiger partial charge in [0.25, 0.3) is 0 Å². The Labute approximate surface area is 106 Å². The molecule has 1 aromatic carbocycles. The topological polar surface area (TPSA) is 63.6 Å². The van der Waals surface area contributed by atoms with Crippen molar-refractivity contribution in [3.8, 4) is 0 Å². The molecule has 1 aliphatic carbocycles. The molecule has 0 aliphatic heterocycles. The van der Waals surface area contributed by atoms with Crippen molar-refractivity contribution in [1.29, 1.82) is 0 Å². The fourth-order valence-electron chi connectivity index (χ4n) is 2.31. The molecule has 0 bridgehead atoms. The summed E-state index contributed by atoms with van der Waals surface area (Å²) >= 11 is 0. The van der Waals surface area contributed by atoms with Crippen LogP contribution < -0.4 is 0 Å².